The lowest BCUT2D eigenvalue weighted by atomic mass is 9.82. The van der Waals surface area contributed by atoms with Crippen LogP contribution >= 0.6 is 0 Å². The predicted octanol–water partition coefficient (Wildman–Crippen LogP) is 1.73. The van der Waals surface area contributed by atoms with Gasteiger partial charge in [-0.3, -0.25) is 4.79 Å². The molecule has 1 heterocycles. The number of hydrogen-bond donors (Lipinski definition) is 2. The number of nitrogens with one attached hydrogen (secondary N) is 1. The summed E-state index contributed by atoms with van der Waals surface area (Å²) in [7, 11) is 0. The van der Waals surface area contributed by atoms with E-state index < -0.39 is 0 Å². The highest BCUT2D eigenvalue weighted by molar-refractivity contribution is 5.94. The molecule has 0 aliphatic carbocycles. The Kier molecular flexibility index (Phi) is 5.15. The van der Waals surface area contributed by atoms with E-state index in [2.05, 4.69) is 12.2 Å². The molecular formula is C16H24N2O2. The average Bonchev–Trinajstić information content (AvgIpc) is 2.47. The highest BCUT2D eigenvalue weighted by Crippen LogP contribution is 2.28. The van der Waals surface area contributed by atoms with Gasteiger partial charge in [0.2, 0.25) is 0 Å². The molecule has 1 aromatic carbocycles. The number of carbonyl (C=O) groups is 1. The molecule has 0 unspecified atom stereocenters. The van der Waals surface area contributed by atoms with E-state index >= 15 is 0 Å². The van der Waals surface area contributed by atoms with Gasteiger partial charge in [0.1, 0.15) is 0 Å². The third-order valence-electron chi connectivity index (χ3n) is 4.02. The predicted molar refractivity (Wildman–Crippen MR) is 79.7 cm³/mol. The molecule has 20 heavy (non-hydrogen) atoms. The highest BCUT2D eigenvalue weighted by atomic mass is 16.5. The number of hydrogen-bond acceptors (Lipinski definition) is 3. The summed E-state index contributed by atoms with van der Waals surface area (Å²) in [5.41, 5.74) is 7.55. The number of benzene rings is 1. The van der Waals surface area contributed by atoms with E-state index in [0.717, 1.165) is 32.5 Å². The Morgan fingerprint density at radius 2 is 1.95 bits per heavy atom. The molecule has 4 heteroatoms. The Balaban J connectivity index is 1.87. The van der Waals surface area contributed by atoms with Crippen LogP contribution in [0.5, 0.6) is 0 Å². The van der Waals surface area contributed by atoms with Gasteiger partial charge in [-0.15, -0.1) is 0 Å². The van der Waals surface area contributed by atoms with Gasteiger partial charge in [-0.2, -0.15) is 0 Å². The van der Waals surface area contributed by atoms with Gasteiger partial charge in [0.05, 0.1) is 0 Å². The lowest BCUT2D eigenvalue weighted by Gasteiger charge is -2.33. The topological polar surface area (TPSA) is 64.4 Å². The largest absolute Gasteiger partial charge is 0.381 e. The molecule has 1 aliphatic heterocycles. The van der Waals surface area contributed by atoms with Gasteiger partial charge in [-0.25, -0.2) is 0 Å². The first-order valence-electron chi connectivity index (χ1n) is 7.28. The minimum absolute atomic E-state index is 0.00276. The molecule has 4 nitrogen and oxygen atoms in total. The van der Waals surface area contributed by atoms with Crippen LogP contribution in [0.15, 0.2) is 24.3 Å². The van der Waals surface area contributed by atoms with Crippen molar-refractivity contribution in [2.45, 2.75) is 26.2 Å². The lowest BCUT2D eigenvalue weighted by Crippen LogP contribution is -2.39. The van der Waals surface area contributed by atoms with Crippen molar-refractivity contribution in [3.05, 3.63) is 35.4 Å². The van der Waals surface area contributed by atoms with E-state index in [0.29, 0.717) is 18.7 Å². The summed E-state index contributed by atoms with van der Waals surface area (Å²) < 4.78 is 5.37. The maximum Gasteiger partial charge on any atom is 0.251 e. The number of ether oxygens (including phenoxy) is 1. The molecule has 0 spiro atoms. The zero-order chi connectivity index (χ0) is 14.4. The van der Waals surface area contributed by atoms with Gasteiger partial charge in [-0.1, -0.05) is 19.1 Å². The van der Waals surface area contributed by atoms with Crippen molar-refractivity contribution in [2.24, 2.45) is 11.1 Å². The lowest BCUT2D eigenvalue weighted by molar-refractivity contribution is 0.0238. The van der Waals surface area contributed by atoms with Crippen molar-refractivity contribution >= 4 is 5.91 Å². The molecule has 0 atom stereocenters. The summed E-state index contributed by atoms with van der Waals surface area (Å²) in [4.78, 5) is 12.1. The van der Waals surface area contributed by atoms with Crippen LogP contribution in [-0.2, 0) is 11.2 Å². The molecule has 0 saturated carbocycles. The molecule has 2 rings (SSSR count). The SMILES string of the molecule is CC1(CNC(=O)c2ccc(CCN)cc2)CCOCC1. The van der Waals surface area contributed by atoms with E-state index in [1.165, 1.54) is 5.56 Å². The van der Waals surface area contributed by atoms with Crippen LogP contribution in [-0.4, -0.2) is 32.2 Å². The van der Waals surface area contributed by atoms with Crippen LogP contribution in [0.1, 0.15) is 35.7 Å². The van der Waals surface area contributed by atoms with Gasteiger partial charge in [0.25, 0.3) is 5.91 Å². The standard InChI is InChI=1S/C16H24N2O2/c1-16(7-10-20-11-8-16)12-18-15(19)14-4-2-13(3-5-14)6-9-17/h2-5H,6-12,17H2,1H3,(H,18,19). The molecule has 110 valence electrons. The summed E-state index contributed by atoms with van der Waals surface area (Å²) in [5, 5.41) is 3.04. The normalized spacial score (nSPS) is 17.7. The average molecular weight is 276 g/mol. The fourth-order valence-corrected chi connectivity index (χ4v) is 2.43. The fraction of sp³-hybridized carbons (Fsp3) is 0.562. The number of amides is 1. The molecule has 1 fully saturated rings. The third-order valence-corrected chi connectivity index (χ3v) is 4.02. The van der Waals surface area contributed by atoms with Gasteiger partial charge in [0, 0.05) is 25.3 Å². The van der Waals surface area contributed by atoms with Crippen LogP contribution < -0.4 is 11.1 Å². The molecular weight excluding hydrogens is 252 g/mol. The van der Waals surface area contributed by atoms with Crippen LogP contribution in [0.3, 0.4) is 0 Å². The van der Waals surface area contributed by atoms with E-state index in [1.807, 2.05) is 24.3 Å². The number of nitrogens with two attached hydrogens (primary N) is 1. The van der Waals surface area contributed by atoms with Crippen molar-refractivity contribution in [2.75, 3.05) is 26.3 Å². The molecule has 3 N–H and O–H groups in total. The molecule has 1 saturated heterocycles. The molecule has 0 aromatic heterocycles. The van der Waals surface area contributed by atoms with E-state index in [9.17, 15) is 4.79 Å². The highest BCUT2D eigenvalue weighted by Gasteiger charge is 2.27. The van der Waals surface area contributed by atoms with Crippen molar-refractivity contribution in [1.29, 1.82) is 0 Å². The maximum atomic E-state index is 12.1. The Morgan fingerprint density at radius 3 is 2.55 bits per heavy atom. The monoisotopic (exact) mass is 276 g/mol. The first kappa shape index (κ1) is 15.0. The summed E-state index contributed by atoms with van der Waals surface area (Å²) >= 11 is 0. The zero-order valence-electron chi connectivity index (χ0n) is 12.2. The second kappa shape index (κ2) is 6.86. The Morgan fingerprint density at radius 1 is 1.30 bits per heavy atom. The Hall–Kier alpha value is -1.39. The second-order valence-corrected chi connectivity index (χ2v) is 5.84. The Bertz CT molecular complexity index is 436. The summed E-state index contributed by atoms with van der Waals surface area (Å²) in [5.74, 6) is -0.00276. The Labute approximate surface area is 120 Å². The van der Waals surface area contributed by atoms with E-state index in [-0.39, 0.29) is 11.3 Å². The van der Waals surface area contributed by atoms with Crippen LogP contribution in [0.4, 0.5) is 0 Å². The minimum atomic E-state index is -0.00276. The van der Waals surface area contributed by atoms with Gasteiger partial charge < -0.3 is 15.8 Å². The van der Waals surface area contributed by atoms with Gasteiger partial charge >= 0.3 is 0 Å². The van der Waals surface area contributed by atoms with E-state index in [1.54, 1.807) is 0 Å². The quantitative estimate of drug-likeness (QED) is 0.861. The number of carbonyl (C=O) groups excluding carboxylic acids is 1. The molecule has 1 aromatic rings. The van der Waals surface area contributed by atoms with Gasteiger partial charge in [0.15, 0.2) is 0 Å². The fourth-order valence-electron chi connectivity index (χ4n) is 2.43. The van der Waals surface area contributed by atoms with Crippen molar-refractivity contribution in [1.82, 2.24) is 5.32 Å². The smallest absolute Gasteiger partial charge is 0.251 e. The molecule has 0 bridgehead atoms. The first-order chi connectivity index (χ1) is 9.63. The van der Waals surface area contributed by atoms with Crippen molar-refractivity contribution in [3.63, 3.8) is 0 Å². The van der Waals surface area contributed by atoms with Crippen LogP contribution in [0, 0.1) is 5.41 Å². The van der Waals surface area contributed by atoms with Crippen molar-refractivity contribution < 1.29 is 9.53 Å². The zero-order valence-corrected chi connectivity index (χ0v) is 12.2. The third kappa shape index (κ3) is 4.05. The van der Waals surface area contributed by atoms with Gasteiger partial charge in [-0.05, 0) is 48.9 Å². The molecule has 0 radical (unpaired) electrons. The molecule has 1 amide bonds. The minimum Gasteiger partial charge on any atom is -0.381 e. The van der Waals surface area contributed by atoms with Crippen LogP contribution in [0.25, 0.3) is 0 Å². The van der Waals surface area contributed by atoms with E-state index in [4.69, 9.17) is 10.5 Å². The number of rotatable bonds is 5. The maximum absolute atomic E-state index is 12.1. The van der Waals surface area contributed by atoms with Crippen molar-refractivity contribution in [3.8, 4) is 0 Å². The summed E-state index contributed by atoms with van der Waals surface area (Å²) in [6.07, 6.45) is 2.85. The first-order valence-corrected chi connectivity index (χ1v) is 7.28. The summed E-state index contributed by atoms with van der Waals surface area (Å²) in [6.45, 7) is 5.13. The van der Waals surface area contributed by atoms with Crippen LogP contribution in [0.2, 0.25) is 0 Å². The second-order valence-electron chi connectivity index (χ2n) is 5.84. The molecule has 1 aliphatic rings. The summed E-state index contributed by atoms with van der Waals surface area (Å²) in [6, 6.07) is 7.68.